The van der Waals surface area contributed by atoms with E-state index >= 15 is 0 Å². The molecule has 1 aromatic heterocycles. The van der Waals surface area contributed by atoms with Gasteiger partial charge in [-0.3, -0.25) is 4.68 Å². The van der Waals surface area contributed by atoms with E-state index in [4.69, 9.17) is 4.74 Å². The Morgan fingerprint density at radius 2 is 2.15 bits per heavy atom. The molecule has 1 aliphatic carbocycles. The number of ether oxygens (including phenoxy) is 1. The van der Waals surface area contributed by atoms with E-state index in [1.165, 1.54) is 18.5 Å². The van der Waals surface area contributed by atoms with Gasteiger partial charge in [0.1, 0.15) is 0 Å². The molecule has 1 heterocycles. The zero-order valence-electron chi connectivity index (χ0n) is 12.9. The Morgan fingerprint density at radius 1 is 1.45 bits per heavy atom. The molecular weight excluding hydrogens is 318 g/mol. The molecule has 2 atom stereocenters. The molecule has 2 rings (SSSR count). The van der Waals surface area contributed by atoms with Gasteiger partial charge in [0.15, 0.2) is 0 Å². The smallest absolute Gasteiger partial charge is 0.0766 e. The molecule has 20 heavy (non-hydrogen) atoms. The monoisotopic (exact) mass is 343 g/mol. The van der Waals surface area contributed by atoms with E-state index in [1.807, 2.05) is 18.8 Å². The number of hydrogen-bond acceptors (Lipinski definition) is 3. The number of halogens is 1. The van der Waals surface area contributed by atoms with Crippen LogP contribution < -0.4 is 5.32 Å². The van der Waals surface area contributed by atoms with Gasteiger partial charge in [-0.25, -0.2) is 0 Å². The summed E-state index contributed by atoms with van der Waals surface area (Å²) in [5.41, 5.74) is 2.40. The van der Waals surface area contributed by atoms with Crippen LogP contribution in [0, 0.1) is 5.92 Å². The van der Waals surface area contributed by atoms with Crippen molar-refractivity contribution < 1.29 is 4.74 Å². The van der Waals surface area contributed by atoms with Gasteiger partial charge in [-0.1, -0.05) is 13.8 Å². The summed E-state index contributed by atoms with van der Waals surface area (Å²) in [6.07, 6.45) is 4.81. The molecule has 0 aliphatic heterocycles. The molecule has 1 saturated carbocycles. The molecule has 5 heteroatoms. The van der Waals surface area contributed by atoms with E-state index in [-0.39, 0.29) is 0 Å². The van der Waals surface area contributed by atoms with E-state index < -0.39 is 0 Å². The fraction of sp³-hybridized carbons (Fsp3) is 0.800. The summed E-state index contributed by atoms with van der Waals surface area (Å²) in [4.78, 5) is 0. The second kappa shape index (κ2) is 7.05. The van der Waals surface area contributed by atoms with Crippen LogP contribution in [0.15, 0.2) is 4.47 Å². The van der Waals surface area contributed by atoms with E-state index in [1.54, 1.807) is 0 Å². The maximum atomic E-state index is 5.77. The fourth-order valence-electron chi connectivity index (χ4n) is 2.93. The van der Waals surface area contributed by atoms with E-state index in [2.05, 4.69) is 40.2 Å². The van der Waals surface area contributed by atoms with Crippen LogP contribution in [0.4, 0.5) is 0 Å². The van der Waals surface area contributed by atoms with Crippen molar-refractivity contribution in [2.24, 2.45) is 13.0 Å². The van der Waals surface area contributed by atoms with Crippen LogP contribution in [0.5, 0.6) is 0 Å². The first-order chi connectivity index (χ1) is 9.62. The topological polar surface area (TPSA) is 39.1 Å². The van der Waals surface area contributed by atoms with Crippen LogP contribution in [0.3, 0.4) is 0 Å². The van der Waals surface area contributed by atoms with Gasteiger partial charge in [0, 0.05) is 26.6 Å². The average Bonchev–Trinajstić information content (AvgIpc) is 3.22. The molecule has 114 valence electrons. The van der Waals surface area contributed by atoms with Gasteiger partial charge in [0.05, 0.1) is 22.0 Å². The molecule has 0 amide bonds. The third kappa shape index (κ3) is 3.43. The maximum Gasteiger partial charge on any atom is 0.0766 e. The summed E-state index contributed by atoms with van der Waals surface area (Å²) in [6.45, 7) is 5.26. The zero-order chi connectivity index (χ0) is 14.7. The van der Waals surface area contributed by atoms with Crippen molar-refractivity contribution in [2.45, 2.75) is 51.7 Å². The van der Waals surface area contributed by atoms with Crippen molar-refractivity contribution in [3.8, 4) is 0 Å². The zero-order valence-corrected chi connectivity index (χ0v) is 14.5. The lowest BCUT2D eigenvalue weighted by Gasteiger charge is -2.27. The highest BCUT2D eigenvalue weighted by Gasteiger charge is 2.37. The Morgan fingerprint density at radius 3 is 2.60 bits per heavy atom. The number of nitrogens with zero attached hydrogens (tertiary/aromatic N) is 2. The van der Waals surface area contributed by atoms with Gasteiger partial charge in [-0.2, -0.15) is 5.10 Å². The molecule has 4 nitrogen and oxygen atoms in total. The summed E-state index contributed by atoms with van der Waals surface area (Å²) in [5.74, 6) is 0.724. The molecule has 1 N–H and O–H groups in total. The Balaban J connectivity index is 2.16. The minimum atomic E-state index is 0.307. The van der Waals surface area contributed by atoms with Crippen molar-refractivity contribution in [1.29, 1.82) is 0 Å². The van der Waals surface area contributed by atoms with E-state index in [0.717, 1.165) is 35.5 Å². The minimum absolute atomic E-state index is 0.307. The molecule has 0 radical (unpaired) electrons. The third-order valence-electron chi connectivity index (χ3n) is 4.14. The number of methoxy groups -OCH3 is 1. The molecule has 0 saturated heterocycles. The lowest BCUT2D eigenvalue weighted by Crippen LogP contribution is -2.44. The summed E-state index contributed by atoms with van der Waals surface area (Å²) < 4.78 is 8.94. The van der Waals surface area contributed by atoms with Gasteiger partial charge in [0.25, 0.3) is 0 Å². The number of aromatic nitrogens is 2. The summed E-state index contributed by atoms with van der Waals surface area (Å²) in [6, 6.07) is 0.355. The molecule has 0 aromatic carbocycles. The number of likely N-dealkylation sites (N-methyl/N-ethyl adjacent to an activating group) is 1. The fourth-order valence-corrected chi connectivity index (χ4v) is 3.70. The first-order valence-corrected chi connectivity index (χ1v) is 8.38. The van der Waals surface area contributed by atoms with Crippen molar-refractivity contribution >= 4 is 15.9 Å². The molecule has 0 spiro atoms. The highest BCUT2D eigenvalue weighted by Crippen LogP contribution is 2.36. The Kier molecular flexibility index (Phi) is 5.64. The normalized spacial score (nSPS) is 18.2. The molecular formula is C15H26BrN3O. The molecule has 1 aromatic rings. The molecule has 1 fully saturated rings. The highest BCUT2D eigenvalue weighted by molar-refractivity contribution is 9.10. The predicted octanol–water partition coefficient (Wildman–Crippen LogP) is 2.69. The average molecular weight is 344 g/mol. The molecule has 1 aliphatic rings. The predicted molar refractivity (Wildman–Crippen MR) is 85.0 cm³/mol. The van der Waals surface area contributed by atoms with Crippen molar-refractivity contribution in [3.05, 3.63) is 15.9 Å². The van der Waals surface area contributed by atoms with Crippen LogP contribution in [0.2, 0.25) is 0 Å². The van der Waals surface area contributed by atoms with Crippen molar-refractivity contribution in [1.82, 2.24) is 15.1 Å². The van der Waals surface area contributed by atoms with E-state index in [9.17, 15) is 0 Å². The van der Waals surface area contributed by atoms with Gasteiger partial charge < -0.3 is 10.1 Å². The quantitative estimate of drug-likeness (QED) is 0.788. The van der Waals surface area contributed by atoms with E-state index in [0.29, 0.717) is 12.1 Å². The minimum Gasteiger partial charge on any atom is -0.380 e. The molecule has 2 unspecified atom stereocenters. The first-order valence-electron chi connectivity index (χ1n) is 7.58. The lowest BCUT2D eigenvalue weighted by molar-refractivity contribution is 0.0510. The Bertz CT molecular complexity index is 443. The lowest BCUT2D eigenvalue weighted by atomic mass is 10.0. The SMILES string of the molecule is CCNC(Cc1c(Br)c(CC)nn1C)C(OC)C1CC1. The number of nitrogens with one attached hydrogen (secondary N) is 1. The van der Waals surface area contributed by atoms with Crippen LogP contribution >= 0.6 is 15.9 Å². The van der Waals surface area contributed by atoms with Crippen molar-refractivity contribution in [3.63, 3.8) is 0 Å². The summed E-state index contributed by atoms with van der Waals surface area (Å²) in [5, 5.41) is 8.19. The summed E-state index contributed by atoms with van der Waals surface area (Å²) in [7, 11) is 3.87. The number of aryl methyl sites for hydroxylation is 2. The Labute approximate surface area is 130 Å². The first kappa shape index (κ1) is 16.0. The second-order valence-corrected chi connectivity index (χ2v) is 6.38. The van der Waals surface area contributed by atoms with Crippen LogP contribution in [-0.2, 0) is 24.6 Å². The van der Waals surface area contributed by atoms with Gasteiger partial charge in [-0.05, 0) is 47.7 Å². The van der Waals surface area contributed by atoms with Crippen LogP contribution in [-0.4, -0.2) is 35.6 Å². The number of hydrogen-bond donors (Lipinski definition) is 1. The summed E-state index contributed by atoms with van der Waals surface area (Å²) >= 11 is 3.71. The van der Waals surface area contributed by atoms with Gasteiger partial charge in [0.2, 0.25) is 0 Å². The largest absolute Gasteiger partial charge is 0.380 e. The van der Waals surface area contributed by atoms with Gasteiger partial charge in [-0.15, -0.1) is 0 Å². The second-order valence-electron chi connectivity index (χ2n) is 5.59. The standard InChI is InChI=1S/C15H26BrN3O/c1-5-11-14(16)13(19(3)18-11)9-12(17-6-2)15(20-4)10-7-8-10/h10,12,15,17H,5-9H2,1-4H3. The Hall–Kier alpha value is -0.390. The maximum absolute atomic E-state index is 5.77. The van der Waals surface area contributed by atoms with Crippen LogP contribution in [0.1, 0.15) is 38.1 Å². The van der Waals surface area contributed by atoms with Gasteiger partial charge >= 0.3 is 0 Å². The molecule has 0 bridgehead atoms. The highest BCUT2D eigenvalue weighted by atomic mass is 79.9. The van der Waals surface area contributed by atoms with Crippen LogP contribution in [0.25, 0.3) is 0 Å². The third-order valence-corrected chi connectivity index (χ3v) is 5.05. The van der Waals surface area contributed by atoms with Crippen molar-refractivity contribution in [2.75, 3.05) is 13.7 Å². The number of rotatable bonds is 8.